The van der Waals surface area contributed by atoms with Gasteiger partial charge in [0.05, 0.1) is 10.6 Å². The molecule has 0 bridgehead atoms. The van der Waals surface area contributed by atoms with Gasteiger partial charge in [-0.2, -0.15) is 0 Å². The molecular formula is C15H14N2O2S. The van der Waals surface area contributed by atoms with Gasteiger partial charge in [0.1, 0.15) is 5.92 Å². The number of rotatable bonds is 3. The number of hydrogen-bond acceptors (Lipinski definition) is 4. The second kappa shape index (κ2) is 5.09. The molecule has 2 unspecified atom stereocenters. The van der Waals surface area contributed by atoms with E-state index in [9.17, 15) is 9.59 Å². The minimum Gasteiger partial charge on any atom is -0.381 e. The molecule has 1 amide bonds. The van der Waals surface area contributed by atoms with Gasteiger partial charge in [0.15, 0.2) is 5.78 Å². The first-order chi connectivity index (χ1) is 9.66. The summed E-state index contributed by atoms with van der Waals surface area (Å²) in [6.45, 7) is 1.85. The van der Waals surface area contributed by atoms with E-state index in [1.54, 1.807) is 6.07 Å². The van der Waals surface area contributed by atoms with E-state index in [-0.39, 0.29) is 17.7 Å². The van der Waals surface area contributed by atoms with E-state index in [4.69, 9.17) is 0 Å². The van der Waals surface area contributed by atoms with Crippen LogP contribution in [0.15, 0.2) is 41.8 Å². The Kier molecular flexibility index (Phi) is 3.28. The van der Waals surface area contributed by atoms with Crippen molar-refractivity contribution >= 4 is 34.4 Å². The van der Waals surface area contributed by atoms with Crippen LogP contribution < -0.4 is 10.6 Å². The maximum atomic E-state index is 12.4. The van der Waals surface area contributed by atoms with Gasteiger partial charge in [0, 0.05) is 11.7 Å². The summed E-state index contributed by atoms with van der Waals surface area (Å²) < 4.78 is 0. The highest BCUT2D eigenvalue weighted by atomic mass is 32.1. The Morgan fingerprint density at radius 1 is 1.20 bits per heavy atom. The SMILES string of the molecule is CC(Nc1ccccc1)C1C(=O)Nc2ccsc2C1=O. The zero-order valence-corrected chi connectivity index (χ0v) is 11.7. The molecule has 3 rings (SSSR count). The van der Waals surface area contributed by atoms with E-state index in [1.165, 1.54) is 11.3 Å². The highest BCUT2D eigenvalue weighted by Crippen LogP contribution is 2.32. The molecule has 0 saturated carbocycles. The summed E-state index contributed by atoms with van der Waals surface area (Å²) in [7, 11) is 0. The Balaban J connectivity index is 1.83. The molecule has 0 saturated heterocycles. The van der Waals surface area contributed by atoms with Gasteiger partial charge in [-0.1, -0.05) is 18.2 Å². The molecule has 2 atom stereocenters. The third kappa shape index (κ3) is 2.20. The number of ketones is 1. The van der Waals surface area contributed by atoms with E-state index in [1.807, 2.05) is 42.6 Å². The minimum absolute atomic E-state index is 0.102. The first-order valence-electron chi connectivity index (χ1n) is 6.41. The van der Waals surface area contributed by atoms with Gasteiger partial charge in [0.25, 0.3) is 0 Å². The molecule has 0 aliphatic carbocycles. The average Bonchev–Trinajstić information content (AvgIpc) is 2.88. The maximum absolute atomic E-state index is 12.4. The first kappa shape index (κ1) is 12.9. The second-order valence-corrected chi connectivity index (χ2v) is 5.71. The lowest BCUT2D eigenvalue weighted by molar-refractivity contribution is -0.119. The number of Topliss-reactive ketones (excluding diaryl/α,β-unsaturated/α-hetero) is 1. The van der Waals surface area contributed by atoms with Crippen LogP contribution in [0, 0.1) is 5.92 Å². The molecule has 2 heterocycles. The Labute approximate surface area is 120 Å². The predicted octanol–water partition coefficient (Wildman–Crippen LogP) is 3.00. The van der Waals surface area contributed by atoms with E-state index >= 15 is 0 Å². The Bertz CT molecular complexity index is 651. The van der Waals surface area contributed by atoms with Gasteiger partial charge in [-0.05, 0) is 30.5 Å². The summed E-state index contributed by atoms with van der Waals surface area (Å²) in [6.07, 6.45) is 0. The molecule has 0 fully saturated rings. The van der Waals surface area contributed by atoms with Crippen molar-refractivity contribution in [3.05, 3.63) is 46.7 Å². The highest BCUT2D eigenvalue weighted by molar-refractivity contribution is 7.13. The van der Waals surface area contributed by atoms with Crippen LogP contribution in [0.3, 0.4) is 0 Å². The van der Waals surface area contributed by atoms with Crippen LogP contribution in [0.2, 0.25) is 0 Å². The standard InChI is InChI=1S/C15H14N2O2S/c1-9(16-10-5-3-2-4-6-10)12-13(18)14-11(7-8-20-14)17-15(12)19/h2-9,12,16H,1H3,(H,17,19). The van der Waals surface area contributed by atoms with Crippen molar-refractivity contribution in [2.24, 2.45) is 5.92 Å². The fourth-order valence-electron chi connectivity index (χ4n) is 2.40. The molecule has 2 N–H and O–H groups in total. The van der Waals surface area contributed by atoms with Crippen LogP contribution in [0.5, 0.6) is 0 Å². The number of thiophene rings is 1. The third-order valence-electron chi connectivity index (χ3n) is 3.38. The highest BCUT2D eigenvalue weighted by Gasteiger charge is 2.38. The number of para-hydroxylation sites is 1. The fourth-order valence-corrected chi connectivity index (χ4v) is 3.23. The number of anilines is 2. The summed E-state index contributed by atoms with van der Waals surface area (Å²) in [5.74, 6) is -1.03. The number of nitrogens with one attached hydrogen (secondary N) is 2. The normalized spacial score (nSPS) is 19.1. The topological polar surface area (TPSA) is 58.2 Å². The Morgan fingerprint density at radius 3 is 2.70 bits per heavy atom. The van der Waals surface area contributed by atoms with E-state index in [2.05, 4.69) is 10.6 Å². The van der Waals surface area contributed by atoms with E-state index in [0.717, 1.165) is 5.69 Å². The quantitative estimate of drug-likeness (QED) is 0.853. The van der Waals surface area contributed by atoms with Crippen LogP contribution in [0.25, 0.3) is 0 Å². The molecule has 4 nitrogen and oxygen atoms in total. The molecule has 1 aliphatic heterocycles. The Hall–Kier alpha value is -2.14. The van der Waals surface area contributed by atoms with E-state index in [0.29, 0.717) is 10.6 Å². The smallest absolute Gasteiger partial charge is 0.237 e. The lowest BCUT2D eigenvalue weighted by Crippen LogP contribution is -2.43. The Morgan fingerprint density at radius 2 is 1.95 bits per heavy atom. The number of carbonyl (C=O) groups is 2. The van der Waals surface area contributed by atoms with Crippen LogP contribution in [-0.4, -0.2) is 17.7 Å². The van der Waals surface area contributed by atoms with Crippen molar-refractivity contribution in [1.29, 1.82) is 0 Å². The monoisotopic (exact) mass is 286 g/mol. The van der Waals surface area contributed by atoms with Crippen molar-refractivity contribution in [2.45, 2.75) is 13.0 Å². The van der Waals surface area contributed by atoms with Gasteiger partial charge in [0.2, 0.25) is 5.91 Å². The van der Waals surface area contributed by atoms with Crippen molar-refractivity contribution in [1.82, 2.24) is 0 Å². The summed E-state index contributed by atoms with van der Waals surface area (Å²) in [6, 6.07) is 11.1. The molecule has 1 aliphatic rings. The largest absolute Gasteiger partial charge is 0.381 e. The van der Waals surface area contributed by atoms with Crippen LogP contribution in [0.1, 0.15) is 16.6 Å². The summed E-state index contributed by atoms with van der Waals surface area (Å²) in [4.78, 5) is 25.2. The number of carbonyl (C=O) groups excluding carboxylic acids is 2. The van der Waals surface area contributed by atoms with Gasteiger partial charge in [-0.3, -0.25) is 9.59 Å². The van der Waals surface area contributed by atoms with Crippen molar-refractivity contribution in [3.8, 4) is 0 Å². The summed E-state index contributed by atoms with van der Waals surface area (Å²) in [5.41, 5.74) is 1.53. The lowest BCUT2D eigenvalue weighted by atomic mass is 9.91. The first-order valence-corrected chi connectivity index (χ1v) is 7.29. The average molecular weight is 286 g/mol. The van der Waals surface area contributed by atoms with Gasteiger partial charge in [-0.15, -0.1) is 11.3 Å². The molecule has 0 spiro atoms. The molecular weight excluding hydrogens is 272 g/mol. The van der Waals surface area contributed by atoms with Crippen molar-refractivity contribution in [2.75, 3.05) is 10.6 Å². The molecule has 1 aromatic carbocycles. The van der Waals surface area contributed by atoms with Gasteiger partial charge in [-0.25, -0.2) is 0 Å². The number of hydrogen-bond donors (Lipinski definition) is 2. The molecule has 2 aromatic rings. The molecule has 102 valence electrons. The fraction of sp³-hybridized carbons (Fsp3) is 0.200. The molecule has 5 heteroatoms. The zero-order valence-electron chi connectivity index (χ0n) is 10.9. The molecule has 0 radical (unpaired) electrons. The summed E-state index contributed by atoms with van der Waals surface area (Å²) in [5, 5.41) is 7.84. The maximum Gasteiger partial charge on any atom is 0.237 e. The predicted molar refractivity (Wildman–Crippen MR) is 80.3 cm³/mol. The number of amides is 1. The zero-order chi connectivity index (χ0) is 14.1. The second-order valence-electron chi connectivity index (χ2n) is 4.79. The van der Waals surface area contributed by atoms with Crippen LogP contribution in [-0.2, 0) is 4.79 Å². The minimum atomic E-state index is -0.693. The molecule has 20 heavy (non-hydrogen) atoms. The molecule has 1 aromatic heterocycles. The number of fused-ring (bicyclic) bond motifs is 1. The lowest BCUT2D eigenvalue weighted by Gasteiger charge is -2.27. The van der Waals surface area contributed by atoms with Crippen molar-refractivity contribution in [3.63, 3.8) is 0 Å². The third-order valence-corrected chi connectivity index (χ3v) is 4.31. The van der Waals surface area contributed by atoms with Gasteiger partial charge >= 0.3 is 0 Å². The van der Waals surface area contributed by atoms with E-state index < -0.39 is 5.92 Å². The number of benzene rings is 1. The van der Waals surface area contributed by atoms with Gasteiger partial charge < -0.3 is 10.6 Å². The van der Waals surface area contributed by atoms with Crippen LogP contribution in [0.4, 0.5) is 11.4 Å². The van der Waals surface area contributed by atoms with Crippen LogP contribution >= 0.6 is 11.3 Å². The van der Waals surface area contributed by atoms with Crippen molar-refractivity contribution < 1.29 is 9.59 Å². The summed E-state index contributed by atoms with van der Waals surface area (Å²) >= 11 is 1.37.